The predicted molar refractivity (Wildman–Crippen MR) is 75.1 cm³/mol. The first-order valence-corrected chi connectivity index (χ1v) is 6.22. The number of nitrogens with zero attached hydrogens (tertiary/aromatic N) is 1. The average molecular weight is 277 g/mol. The third kappa shape index (κ3) is 3.81. The van der Waals surface area contributed by atoms with Crippen molar-refractivity contribution in [2.24, 2.45) is 11.7 Å². The lowest BCUT2D eigenvalue weighted by Gasteiger charge is -2.17. The van der Waals surface area contributed by atoms with E-state index < -0.39 is 5.91 Å². The largest absolute Gasteiger partial charge is 0.366 e. The first-order valence-electron chi connectivity index (χ1n) is 6.22. The summed E-state index contributed by atoms with van der Waals surface area (Å²) in [5.74, 6) is -1.37. The van der Waals surface area contributed by atoms with Gasteiger partial charge in [-0.1, -0.05) is 19.7 Å². The molecule has 0 radical (unpaired) electrons. The minimum absolute atomic E-state index is 0.111. The predicted octanol–water partition coefficient (Wildman–Crippen LogP) is 0.0824. The van der Waals surface area contributed by atoms with E-state index in [0.29, 0.717) is 13.0 Å². The van der Waals surface area contributed by atoms with Crippen molar-refractivity contribution in [2.45, 2.75) is 12.8 Å². The maximum absolute atomic E-state index is 12.1. The highest BCUT2D eigenvalue weighted by atomic mass is 16.2. The van der Waals surface area contributed by atoms with Crippen molar-refractivity contribution in [3.8, 4) is 0 Å². The van der Waals surface area contributed by atoms with Gasteiger partial charge in [0.1, 0.15) is 0 Å². The Morgan fingerprint density at radius 3 is 2.60 bits per heavy atom. The third-order valence-electron chi connectivity index (χ3n) is 3.19. The minimum atomic E-state index is -0.592. The molecule has 6 nitrogen and oxygen atoms in total. The summed E-state index contributed by atoms with van der Waals surface area (Å²) in [4.78, 5) is 36.1. The molecule has 0 bridgehead atoms. The molecule has 1 atom stereocenters. The molecule has 1 saturated heterocycles. The molecule has 108 valence electrons. The number of rotatable bonds is 7. The van der Waals surface area contributed by atoms with Gasteiger partial charge in [0.05, 0.1) is 6.54 Å². The van der Waals surface area contributed by atoms with Crippen LogP contribution < -0.4 is 11.1 Å². The van der Waals surface area contributed by atoms with Crippen LogP contribution in [0.25, 0.3) is 0 Å². The average Bonchev–Trinajstić information content (AvgIpc) is 2.71. The molecule has 0 aromatic heterocycles. The van der Waals surface area contributed by atoms with Crippen LogP contribution in [0.1, 0.15) is 12.8 Å². The topological polar surface area (TPSA) is 92.5 Å². The Labute approximate surface area is 118 Å². The third-order valence-corrected chi connectivity index (χ3v) is 3.19. The van der Waals surface area contributed by atoms with Crippen molar-refractivity contribution >= 4 is 17.7 Å². The summed E-state index contributed by atoms with van der Waals surface area (Å²) in [7, 11) is 0. The van der Waals surface area contributed by atoms with Crippen molar-refractivity contribution in [2.75, 3.05) is 13.1 Å². The highest BCUT2D eigenvalue weighted by Crippen LogP contribution is 2.24. The fraction of sp³-hybridized carbons (Fsp3) is 0.357. The number of carbonyl (C=O) groups is 3. The fourth-order valence-electron chi connectivity index (χ4n) is 2.04. The monoisotopic (exact) mass is 277 g/mol. The zero-order chi connectivity index (χ0) is 15.3. The van der Waals surface area contributed by atoms with E-state index >= 15 is 0 Å². The Kier molecular flexibility index (Phi) is 5.25. The molecule has 1 heterocycles. The molecule has 20 heavy (non-hydrogen) atoms. The standard InChI is InChI=1S/C14H19N3O3/c1-4-16-13(19)10(3)8-17-6-5-11(14(17)20)7-9(2)12(15)18/h4,11H,1-3,5-8H2,(H2,15,18)(H,16,19). The number of hydrogen-bond donors (Lipinski definition) is 2. The molecule has 0 aliphatic carbocycles. The first kappa shape index (κ1) is 15.7. The molecule has 0 spiro atoms. The molecule has 1 aliphatic heterocycles. The highest BCUT2D eigenvalue weighted by Gasteiger charge is 2.33. The zero-order valence-corrected chi connectivity index (χ0v) is 11.4. The number of hydrogen-bond acceptors (Lipinski definition) is 3. The minimum Gasteiger partial charge on any atom is -0.366 e. The van der Waals surface area contributed by atoms with Gasteiger partial charge >= 0.3 is 0 Å². The molecule has 6 heteroatoms. The number of nitrogens with two attached hydrogens (primary N) is 1. The van der Waals surface area contributed by atoms with Crippen LogP contribution in [0.5, 0.6) is 0 Å². The van der Waals surface area contributed by atoms with E-state index in [2.05, 4.69) is 25.1 Å². The summed E-state index contributed by atoms with van der Waals surface area (Å²) in [6.07, 6.45) is 2.14. The Balaban J connectivity index is 2.56. The first-order chi connectivity index (χ1) is 9.36. The molecular formula is C14H19N3O3. The van der Waals surface area contributed by atoms with Gasteiger partial charge in [-0.2, -0.15) is 0 Å². The van der Waals surface area contributed by atoms with E-state index in [0.717, 1.165) is 0 Å². The van der Waals surface area contributed by atoms with Crippen molar-refractivity contribution < 1.29 is 14.4 Å². The number of carbonyl (C=O) groups excluding carboxylic acids is 3. The van der Waals surface area contributed by atoms with Crippen LogP contribution in [-0.4, -0.2) is 35.7 Å². The molecule has 0 aromatic carbocycles. The van der Waals surface area contributed by atoms with Crippen LogP contribution in [-0.2, 0) is 14.4 Å². The Bertz CT molecular complexity index is 482. The molecule has 1 unspecified atom stereocenters. The molecular weight excluding hydrogens is 258 g/mol. The number of amides is 3. The van der Waals surface area contributed by atoms with Crippen LogP contribution in [0.4, 0.5) is 0 Å². The quantitative estimate of drug-likeness (QED) is 0.646. The lowest BCUT2D eigenvalue weighted by molar-refractivity contribution is -0.130. The second-order valence-corrected chi connectivity index (χ2v) is 4.70. The smallest absolute Gasteiger partial charge is 0.252 e. The van der Waals surface area contributed by atoms with Gasteiger partial charge in [0.25, 0.3) is 5.91 Å². The molecule has 1 fully saturated rings. The van der Waals surface area contributed by atoms with E-state index in [4.69, 9.17) is 5.73 Å². The van der Waals surface area contributed by atoms with Crippen LogP contribution in [0.3, 0.4) is 0 Å². The van der Waals surface area contributed by atoms with Crippen LogP contribution in [0, 0.1) is 5.92 Å². The summed E-state index contributed by atoms with van der Waals surface area (Å²) in [6.45, 7) is 11.3. The van der Waals surface area contributed by atoms with E-state index in [-0.39, 0.29) is 41.8 Å². The molecule has 1 aliphatic rings. The lowest BCUT2D eigenvalue weighted by atomic mass is 9.99. The second kappa shape index (κ2) is 6.70. The summed E-state index contributed by atoms with van der Waals surface area (Å²) >= 11 is 0. The van der Waals surface area contributed by atoms with Gasteiger partial charge in [-0.15, -0.1) is 0 Å². The zero-order valence-electron chi connectivity index (χ0n) is 11.4. The van der Waals surface area contributed by atoms with Gasteiger partial charge in [-0.25, -0.2) is 0 Å². The maximum atomic E-state index is 12.1. The van der Waals surface area contributed by atoms with Crippen LogP contribution >= 0.6 is 0 Å². The van der Waals surface area contributed by atoms with Crippen molar-refractivity contribution in [1.82, 2.24) is 10.2 Å². The Hall–Kier alpha value is -2.37. The van der Waals surface area contributed by atoms with E-state index in [9.17, 15) is 14.4 Å². The molecule has 3 N–H and O–H groups in total. The molecule has 1 rings (SSSR count). The van der Waals surface area contributed by atoms with Crippen LogP contribution in [0.2, 0.25) is 0 Å². The summed E-state index contributed by atoms with van der Waals surface area (Å²) in [5, 5.41) is 2.40. The molecule has 0 saturated carbocycles. The van der Waals surface area contributed by atoms with Gasteiger partial charge in [0.2, 0.25) is 11.8 Å². The number of primary amides is 1. The van der Waals surface area contributed by atoms with Gasteiger partial charge in [-0.3, -0.25) is 14.4 Å². The summed E-state index contributed by atoms with van der Waals surface area (Å²) in [6, 6.07) is 0. The fourth-order valence-corrected chi connectivity index (χ4v) is 2.04. The van der Waals surface area contributed by atoms with Gasteiger partial charge in [0, 0.05) is 23.6 Å². The maximum Gasteiger partial charge on any atom is 0.252 e. The number of nitrogens with one attached hydrogen (secondary N) is 1. The Morgan fingerprint density at radius 1 is 1.40 bits per heavy atom. The summed E-state index contributed by atoms with van der Waals surface area (Å²) < 4.78 is 0. The lowest BCUT2D eigenvalue weighted by Crippen LogP contribution is -2.33. The van der Waals surface area contributed by atoms with Gasteiger partial charge in [-0.05, 0) is 19.0 Å². The molecule has 0 aromatic rings. The van der Waals surface area contributed by atoms with Crippen molar-refractivity contribution in [1.29, 1.82) is 0 Å². The van der Waals surface area contributed by atoms with Crippen LogP contribution in [0.15, 0.2) is 37.1 Å². The number of likely N-dealkylation sites (tertiary alicyclic amines) is 1. The van der Waals surface area contributed by atoms with E-state index in [1.165, 1.54) is 6.20 Å². The van der Waals surface area contributed by atoms with Gasteiger partial charge in [0.15, 0.2) is 0 Å². The SMILES string of the molecule is C=CNC(=O)C(=C)CN1CCC(CC(=C)C(N)=O)C1=O. The van der Waals surface area contributed by atoms with Crippen molar-refractivity contribution in [3.63, 3.8) is 0 Å². The second-order valence-electron chi connectivity index (χ2n) is 4.70. The van der Waals surface area contributed by atoms with E-state index in [1.54, 1.807) is 4.90 Å². The normalized spacial score (nSPS) is 17.7. The summed E-state index contributed by atoms with van der Waals surface area (Å²) in [5.41, 5.74) is 5.64. The highest BCUT2D eigenvalue weighted by molar-refractivity contribution is 5.95. The van der Waals surface area contributed by atoms with E-state index in [1.807, 2.05) is 0 Å². The Morgan fingerprint density at radius 2 is 2.05 bits per heavy atom. The molecule has 3 amide bonds. The van der Waals surface area contributed by atoms with Crippen molar-refractivity contribution in [3.05, 3.63) is 37.1 Å². The van der Waals surface area contributed by atoms with Gasteiger partial charge < -0.3 is 16.0 Å².